The minimum absolute atomic E-state index is 0.0246. The van der Waals surface area contributed by atoms with Gasteiger partial charge in [0.1, 0.15) is 4.91 Å². The molecule has 0 bridgehead atoms. The molecule has 0 unspecified atom stereocenters. The maximum atomic E-state index is 13.0. The number of nitrogens with zero attached hydrogens (tertiary/aromatic N) is 3. The molecule has 0 spiro atoms. The van der Waals surface area contributed by atoms with Crippen LogP contribution in [0.2, 0.25) is 10.0 Å². The number of amidine groups is 1. The van der Waals surface area contributed by atoms with Crippen LogP contribution in [0.4, 0.5) is 11.4 Å². The molecule has 0 radical (unpaired) electrons. The lowest BCUT2D eigenvalue weighted by Gasteiger charge is -2.15. The Kier molecular flexibility index (Phi) is 5.16. The van der Waals surface area contributed by atoms with Gasteiger partial charge in [-0.05, 0) is 61.2 Å². The number of carbonyl (C=O) groups is 1. The molecule has 0 aromatic heterocycles. The highest BCUT2D eigenvalue weighted by Gasteiger charge is 2.38. The predicted octanol–water partition coefficient (Wildman–Crippen LogP) is 5.99. The Morgan fingerprint density at radius 1 is 1.04 bits per heavy atom. The lowest BCUT2D eigenvalue weighted by molar-refractivity contribution is -0.122. The van der Waals surface area contributed by atoms with Crippen molar-refractivity contribution in [3.63, 3.8) is 0 Å². The van der Waals surface area contributed by atoms with Crippen molar-refractivity contribution in [3.8, 4) is 0 Å². The number of hydrogen-bond acceptors (Lipinski definition) is 5. The molecule has 4 rings (SSSR count). The Bertz CT molecular complexity index is 989. The van der Waals surface area contributed by atoms with Crippen LogP contribution in [0.3, 0.4) is 0 Å². The van der Waals surface area contributed by atoms with Crippen molar-refractivity contribution in [2.45, 2.75) is 11.8 Å². The van der Waals surface area contributed by atoms with Crippen LogP contribution in [0.15, 0.2) is 62.3 Å². The van der Waals surface area contributed by atoms with Crippen LogP contribution in [0.5, 0.6) is 0 Å². The van der Waals surface area contributed by atoms with Crippen LogP contribution >= 0.6 is 46.7 Å². The zero-order chi connectivity index (χ0) is 19.1. The summed E-state index contributed by atoms with van der Waals surface area (Å²) in [5.74, 6) is -0.0246. The van der Waals surface area contributed by atoms with Gasteiger partial charge in [0.15, 0.2) is 5.17 Å². The summed E-state index contributed by atoms with van der Waals surface area (Å²) in [5, 5.41) is 2.92. The number of amides is 1. The quantitative estimate of drug-likeness (QED) is 0.542. The van der Waals surface area contributed by atoms with Crippen molar-refractivity contribution in [2.75, 3.05) is 18.5 Å². The summed E-state index contributed by atoms with van der Waals surface area (Å²) in [6.07, 6.45) is 0. The van der Waals surface area contributed by atoms with E-state index in [2.05, 4.69) is 4.99 Å². The first-order valence-corrected chi connectivity index (χ1v) is 10.7. The lowest BCUT2D eigenvalue weighted by Crippen LogP contribution is -2.29. The monoisotopic (exact) mass is 435 g/mol. The number of anilines is 1. The van der Waals surface area contributed by atoms with E-state index >= 15 is 0 Å². The number of halogens is 2. The Hall–Kier alpha value is -1.60. The summed E-state index contributed by atoms with van der Waals surface area (Å²) >= 11 is 15.1. The lowest BCUT2D eigenvalue weighted by atomic mass is 10.3. The molecule has 2 aromatic carbocycles. The molecule has 0 aliphatic carbocycles. The van der Waals surface area contributed by atoms with Crippen LogP contribution in [0.1, 0.15) is 6.92 Å². The molecule has 2 heterocycles. The molecule has 4 nitrogen and oxygen atoms in total. The SMILES string of the molecule is CCN1C(=O)/C(=C2/Sc3ccc(Cl)cc3N2C)SC1=Nc1ccc(Cl)cc1. The Balaban J connectivity index is 1.72. The van der Waals surface area contributed by atoms with Crippen LogP contribution in [0, 0.1) is 0 Å². The van der Waals surface area contributed by atoms with Gasteiger partial charge >= 0.3 is 0 Å². The molecule has 0 saturated carbocycles. The number of aliphatic imine (C=N–C) groups is 1. The molecule has 2 aliphatic heterocycles. The zero-order valence-electron chi connectivity index (χ0n) is 14.6. The predicted molar refractivity (Wildman–Crippen MR) is 116 cm³/mol. The van der Waals surface area contributed by atoms with Gasteiger partial charge in [-0.25, -0.2) is 4.99 Å². The van der Waals surface area contributed by atoms with E-state index in [4.69, 9.17) is 23.2 Å². The third-order valence-electron chi connectivity index (χ3n) is 4.22. The molecule has 2 aromatic rings. The molecule has 1 amide bonds. The number of carbonyl (C=O) groups excluding carboxylic acids is 1. The Morgan fingerprint density at radius 2 is 1.74 bits per heavy atom. The van der Waals surface area contributed by atoms with E-state index in [0.29, 0.717) is 26.7 Å². The Labute approximate surface area is 176 Å². The molecule has 0 N–H and O–H groups in total. The fraction of sp³-hybridized carbons (Fsp3) is 0.158. The molecule has 0 atom stereocenters. The highest BCUT2D eigenvalue weighted by Crippen LogP contribution is 2.50. The molecule has 1 fully saturated rings. The van der Waals surface area contributed by atoms with Gasteiger partial charge in [0.25, 0.3) is 5.91 Å². The first-order chi connectivity index (χ1) is 13.0. The van der Waals surface area contributed by atoms with E-state index in [1.807, 2.05) is 49.2 Å². The standard InChI is InChI=1S/C19H15Cl2N3OS2/c1-3-24-17(25)16(27-19(24)22-13-7-4-11(20)5-8-13)18-23(2)14-10-12(21)6-9-15(14)26-18/h4-10H,3H2,1-2H3/b18-16-,22-19?. The minimum Gasteiger partial charge on any atom is -0.337 e. The molecule has 27 heavy (non-hydrogen) atoms. The maximum Gasteiger partial charge on any atom is 0.269 e. The average molecular weight is 436 g/mol. The molecule has 138 valence electrons. The van der Waals surface area contributed by atoms with Crippen molar-refractivity contribution in [1.29, 1.82) is 0 Å². The first kappa shape index (κ1) is 18.7. The van der Waals surface area contributed by atoms with Crippen molar-refractivity contribution < 1.29 is 4.79 Å². The smallest absolute Gasteiger partial charge is 0.269 e. The minimum atomic E-state index is -0.0246. The molecule has 2 aliphatic rings. The first-order valence-electron chi connectivity index (χ1n) is 8.27. The fourth-order valence-electron chi connectivity index (χ4n) is 2.84. The summed E-state index contributed by atoms with van der Waals surface area (Å²) < 4.78 is 0. The van der Waals surface area contributed by atoms with Crippen LogP contribution < -0.4 is 4.90 Å². The summed E-state index contributed by atoms with van der Waals surface area (Å²) in [5.41, 5.74) is 1.77. The van der Waals surface area contributed by atoms with Gasteiger partial charge in [-0.1, -0.05) is 35.0 Å². The van der Waals surface area contributed by atoms with Gasteiger partial charge in [0.2, 0.25) is 0 Å². The van der Waals surface area contributed by atoms with E-state index in [0.717, 1.165) is 21.3 Å². The summed E-state index contributed by atoms with van der Waals surface area (Å²) in [4.78, 5) is 23.2. The number of hydrogen-bond donors (Lipinski definition) is 0. The Morgan fingerprint density at radius 3 is 2.44 bits per heavy atom. The average Bonchev–Trinajstić information content (AvgIpc) is 3.13. The van der Waals surface area contributed by atoms with Gasteiger partial charge in [-0.15, -0.1) is 0 Å². The van der Waals surface area contributed by atoms with Gasteiger partial charge in [0.05, 0.1) is 16.4 Å². The topological polar surface area (TPSA) is 35.9 Å². The molecular weight excluding hydrogens is 421 g/mol. The zero-order valence-corrected chi connectivity index (χ0v) is 17.7. The van der Waals surface area contributed by atoms with Crippen LogP contribution in [-0.4, -0.2) is 29.6 Å². The van der Waals surface area contributed by atoms with Crippen molar-refractivity contribution >= 4 is 69.2 Å². The second-order valence-corrected chi connectivity index (χ2v) is 8.81. The van der Waals surface area contributed by atoms with Crippen molar-refractivity contribution in [3.05, 3.63) is 62.4 Å². The van der Waals surface area contributed by atoms with E-state index in [-0.39, 0.29) is 5.91 Å². The van der Waals surface area contributed by atoms with Gasteiger partial charge in [-0.3, -0.25) is 9.69 Å². The van der Waals surface area contributed by atoms with Crippen molar-refractivity contribution in [2.24, 2.45) is 4.99 Å². The third-order valence-corrected chi connectivity index (χ3v) is 7.14. The maximum absolute atomic E-state index is 13.0. The second kappa shape index (κ2) is 7.43. The fourth-order valence-corrected chi connectivity index (χ4v) is 5.52. The van der Waals surface area contributed by atoms with Crippen LogP contribution in [0.25, 0.3) is 0 Å². The number of fused-ring (bicyclic) bond motifs is 1. The van der Waals surface area contributed by atoms with E-state index in [1.54, 1.807) is 28.8 Å². The molecular formula is C19H15Cl2N3OS2. The normalized spacial score (nSPS) is 20.7. The molecule has 8 heteroatoms. The van der Waals surface area contributed by atoms with Gasteiger partial charge in [-0.2, -0.15) is 0 Å². The highest BCUT2D eigenvalue weighted by atomic mass is 35.5. The summed E-state index contributed by atoms with van der Waals surface area (Å²) in [6, 6.07) is 13.0. The second-order valence-electron chi connectivity index (χ2n) is 5.93. The van der Waals surface area contributed by atoms with Crippen LogP contribution in [-0.2, 0) is 4.79 Å². The largest absolute Gasteiger partial charge is 0.337 e. The molecule has 1 saturated heterocycles. The number of benzene rings is 2. The summed E-state index contributed by atoms with van der Waals surface area (Å²) in [7, 11) is 1.95. The number of likely N-dealkylation sites (N-methyl/N-ethyl adjacent to an activating group) is 1. The van der Waals surface area contributed by atoms with Gasteiger partial charge in [0, 0.05) is 28.5 Å². The number of thioether (sulfide) groups is 2. The summed E-state index contributed by atoms with van der Waals surface area (Å²) in [6.45, 7) is 2.51. The van der Waals surface area contributed by atoms with E-state index in [9.17, 15) is 4.79 Å². The number of rotatable bonds is 2. The third kappa shape index (κ3) is 3.47. The van der Waals surface area contributed by atoms with E-state index < -0.39 is 0 Å². The van der Waals surface area contributed by atoms with Crippen molar-refractivity contribution in [1.82, 2.24) is 4.90 Å². The van der Waals surface area contributed by atoms with E-state index in [1.165, 1.54) is 11.8 Å². The van der Waals surface area contributed by atoms with Gasteiger partial charge < -0.3 is 4.90 Å². The highest BCUT2D eigenvalue weighted by molar-refractivity contribution is 8.19.